The molecule has 1 aromatic carbocycles. The van der Waals surface area contributed by atoms with Gasteiger partial charge in [0.25, 0.3) is 0 Å². The van der Waals surface area contributed by atoms with Crippen molar-refractivity contribution < 1.29 is 27.2 Å². The fraction of sp³-hybridized carbons (Fsp3) is 0.500. The van der Waals surface area contributed by atoms with E-state index in [1.165, 1.54) is 18.2 Å². The number of hydrogen-bond acceptors (Lipinski definition) is 4. The van der Waals surface area contributed by atoms with Gasteiger partial charge in [0.05, 0.1) is 0 Å². The third kappa shape index (κ3) is 4.19. The van der Waals surface area contributed by atoms with E-state index in [0.717, 1.165) is 14.2 Å². The van der Waals surface area contributed by atoms with Crippen LogP contribution in [0.2, 0.25) is 0 Å². The highest BCUT2D eigenvalue weighted by atomic mass is 31.2. The lowest BCUT2D eigenvalue weighted by atomic mass is 9.97. The van der Waals surface area contributed by atoms with E-state index in [1.807, 2.05) is 13.8 Å². The van der Waals surface area contributed by atoms with Crippen molar-refractivity contribution >= 4 is 13.4 Å². The molecule has 4 nitrogen and oxygen atoms in total. The van der Waals surface area contributed by atoms with E-state index in [-0.39, 0.29) is 5.92 Å². The topological polar surface area (TPSA) is 52.6 Å². The standard InChI is InChI=1S/C14H19F2O4P/c1-10(2)11-6-5-7-12(8-11)14(15,16)13(17)9-21(18,19-3)20-4/h5-8,10H,9H2,1-4H3. The molecule has 1 rings (SSSR count). The van der Waals surface area contributed by atoms with Gasteiger partial charge in [-0.15, -0.1) is 0 Å². The molecule has 0 atom stereocenters. The minimum absolute atomic E-state index is 0.0555. The first kappa shape index (κ1) is 18.0. The van der Waals surface area contributed by atoms with Crippen LogP contribution >= 0.6 is 7.60 Å². The van der Waals surface area contributed by atoms with Gasteiger partial charge in [-0.1, -0.05) is 32.0 Å². The Bertz CT molecular complexity index is 550. The molecule has 118 valence electrons. The number of carbonyl (C=O) groups is 1. The molecule has 0 aliphatic heterocycles. The van der Waals surface area contributed by atoms with Gasteiger partial charge in [-0.2, -0.15) is 8.78 Å². The van der Waals surface area contributed by atoms with Gasteiger partial charge < -0.3 is 9.05 Å². The summed E-state index contributed by atoms with van der Waals surface area (Å²) in [4.78, 5) is 11.8. The first-order chi connectivity index (χ1) is 9.66. The van der Waals surface area contributed by atoms with E-state index in [4.69, 9.17) is 0 Å². The van der Waals surface area contributed by atoms with Crippen LogP contribution in [0, 0.1) is 0 Å². The Morgan fingerprint density at radius 2 is 1.86 bits per heavy atom. The number of ketones is 1. The van der Waals surface area contributed by atoms with Crippen molar-refractivity contribution in [3.63, 3.8) is 0 Å². The Kier molecular flexibility index (Phi) is 5.79. The van der Waals surface area contributed by atoms with Crippen LogP contribution in [0.1, 0.15) is 30.9 Å². The average Bonchev–Trinajstić information content (AvgIpc) is 2.47. The molecule has 0 N–H and O–H groups in total. The van der Waals surface area contributed by atoms with Crippen molar-refractivity contribution in [3.8, 4) is 0 Å². The van der Waals surface area contributed by atoms with E-state index in [0.29, 0.717) is 5.56 Å². The van der Waals surface area contributed by atoms with Gasteiger partial charge in [0.1, 0.15) is 6.16 Å². The number of hydrogen-bond donors (Lipinski definition) is 0. The third-order valence-electron chi connectivity index (χ3n) is 3.16. The fourth-order valence-electron chi connectivity index (χ4n) is 1.73. The van der Waals surface area contributed by atoms with Crippen molar-refractivity contribution in [2.24, 2.45) is 0 Å². The van der Waals surface area contributed by atoms with Gasteiger partial charge in [0.15, 0.2) is 0 Å². The van der Waals surface area contributed by atoms with E-state index in [9.17, 15) is 18.1 Å². The molecule has 7 heteroatoms. The molecular weight excluding hydrogens is 301 g/mol. The summed E-state index contributed by atoms with van der Waals surface area (Å²) in [5.74, 6) is -5.17. The predicted molar refractivity (Wildman–Crippen MR) is 75.9 cm³/mol. The van der Waals surface area contributed by atoms with Crippen LogP contribution in [0.3, 0.4) is 0 Å². The number of carbonyl (C=O) groups excluding carboxylic acids is 1. The second kappa shape index (κ2) is 6.77. The van der Waals surface area contributed by atoms with Crippen LogP contribution in [-0.2, 0) is 24.3 Å². The molecule has 0 aliphatic carbocycles. The van der Waals surface area contributed by atoms with E-state index in [2.05, 4.69) is 9.05 Å². The molecule has 0 aromatic heterocycles. The molecule has 1 aromatic rings. The predicted octanol–water partition coefficient (Wildman–Crippen LogP) is 3.96. The fourth-order valence-corrected chi connectivity index (χ4v) is 2.69. The summed E-state index contributed by atoms with van der Waals surface area (Å²) in [5.41, 5.74) is 0.277. The van der Waals surface area contributed by atoms with Crippen LogP contribution in [0.25, 0.3) is 0 Å². The molecule has 0 unspecified atom stereocenters. The summed E-state index contributed by atoms with van der Waals surface area (Å²) >= 11 is 0. The Labute approximate surface area is 123 Å². The van der Waals surface area contributed by atoms with Crippen LogP contribution in [-0.4, -0.2) is 26.2 Å². The lowest BCUT2D eigenvalue weighted by molar-refractivity contribution is -0.141. The maximum Gasteiger partial charge on any atom is 0.337 e. The Morgan fingerprint density at radius 1 is 1.29 bits per heavy atom. The number of benzene rings is 1. The molecular formula is C14H19F2O4P. The first-order valence-corrected chi connectivity index (χ1v) is 8.11. The second-order valence-electron chi connectivity index (χ2n) is 4.91. The monoisotopic (exact) mass is 320 g/mol. The molecule has 21 heavy (non-hydrogen) atoms. The highest BCUT2D eigenvalue weighted by Gasteiger charge is 2.44. The molecule has 0 saturated heterocycles. The second-order valence-corrected chi connectivity index (χ2v) is 7.18. The Hall–Kier alpha value is -1.10. The SMILES string of the molecule is COP(=O)(CC(=O)C(F)(F)c1cccc(C(C)C)c1)OC. The van der Waals surface area contributed by atoms with Crippen LogP contribution in [0.4, 0.5) is 8.78 Å². The maximum atomic E-state index is 14.2. The number of alkyl halides is 2. The normalized spacial score (nSPS) is 12.7. The number of halogens is 2. The Balaban J connectivity index is 3.07. The highest BCUT2D eigenvalue weighted by molar-refractivity contribution is 7.54. The lowest BCUT2D eigenvalue weighted by Crippen LogP contribution is -2.29. The minimum atomic E-state index is -3.81. The van der Waals surface area contributed by atoms with Gasteiger partial charge in [-0.05, 0) is 17.5 Å². The lowest BCUT2D eigenvalue weighted by Gasteiger charge is -2.19. The zero-order chi connectivity index (χ0) is 16.3. The molecule has 0 amide bonds. The van der Waals surface area contributed by atoms with E-state index >= 15 is 0 Å². The molecule has 0 spiro atoms. The van der Waals surface area contributed by atoms with Gasteiger partial charge >= 0.3 is 13.5 Å². The van der Waals surface area contributed by atoms with Gasteiger partial charge in [-0.3, -0.25) is 9.36 Å². The number of Topliss-reactive ketones (excluding diaryl/α,β-unsaturated/α-hetero) is 1. The quantitative estimate of drug-likeness (QED) is 0.714. The minimum Gasteiger partial charge on any atom is -0.312 e. The molecule has 0 radical (unpaired) electrons. The Morgan fingerprint density at radius 3 is 2.33 bits per heavy atom. The zero-order valence-corrected chi connectivity index (χ0v) is 13.3. The van der Waals surface area contributed by atoms with Gasteiger partial charge in [0, 0.05) is 19.8 Å². The zero-order valence-electron chi connectivity index (χ0n) is 12.4. The van der Waals surface area contributed by atoms with Crippen molar-refractivity contribution in [2.45, 2.75) is 25.7 Å². The van der Waals surface area contributed by atoms with Crippen molar-refractivity contribution in [3.05, 3.63) is 35.4 Å². The summed E-state index contributed by atoms with van der Waals surface area (Å²) in [6, 6.07) is 5.64. The van der Waals surface area contributed by atoms with Gasteiger partial charge in [0.2, 0.25) is 5.78 Å². The molecule has 0 saturated carbocycles. The molecule has 0 heterocycles. The average molecular weight is 320 g/mol. The van der Waals surface area contributed by atoms with Crippen molar-refractivity contribution in [1.29, 1.82) is 0 Å². The van der Waals surface area contributed by atoms with Crippen LogP contribution < -0.4 is 0 Å². The van der Waals surface area contributed by atoms with E-state index in [1.54, 1.807) is 6.07 Å². The highest BCUT2D eigenvalue weighted by Crippen LogP contribution is 2.48. The maximum absolute atomic E-state index is 14.2. The summed E-state index contributed by atoms with van der Waals surface area (Å²) in [5, 5.41) is 0. The molecule has 0 bridgehead atoms. The van der Waals surface area contributed by atoms with Gasteiger partial charge in [-0.25, -0.2) is 0 Å². The van der Waals surface area contributed by atoms with Crippen LogP contribution in [0.15, 0.2) is 24.3 Å². The summed E-state index contributed by atoms with van der Waals surface area (Å²) in [6.07, 6.45) is -0.973. The smallest absolute Gasteiger partial charge is 0.312 e. The molecule has 0 fully saturated rings. The molecule has 0 aliphatic rings. The van der Waals surface area contributed by atoms with Crippen LogP contribution in [0.5, 0.6) is 0 Å². The van der Waals surface area contributed by atoms with Crippen molar-refractivity contribution in [1.82, 2.24) is 0 Å². The summed E-state index contributed by atoms with van der Waals surface area (Å²) < 4.78 is 49.3. The van der Waals surface area contributed by atoms with Crippen molar-refractivity contribution in [2.75, 3.05) is 20.4 Å². The summed E-state index contributed by atoms with van der Waals surface area (Å²) in [7, 11) is -1.71. The third-order valence-corrected chi connectivity index (χ3v) is 4.95. The largest absolute Gasteiger partial charge is 0.337 e. The first-order valence-electron chi connectivity index (χ1n) is 6.38. The van der Waals surface area contributed by atoms with E-state index < -0.39 is 31.0 Å². The number of rotatable bonds is 7. The summed E-state index contributed by atoms with van der Waals surface area (Å²) in [6.45, 7) is 3.73.